The maximum Gasteiger partial charge on any atom is 0.122 e. The van der Waals surface area contributed by atoms with Crippen LogP contribution < -0.4 is 5.32 Å². The van der Waals surface area contributed by atoms with Crippen molar-refractivity contribution >= 4 is 0 Å². The van der Waals surface area contributed by atoms with E-state index in [2.05, 4.69) is 21.8 Å². The molecule has 0 unspecified atom stereocenters. The molecular weight excluding hydrogens is 190 g/mol. The second-order valence-corrected chi connectivity index (χ2v) is 4.28. The highest BCUT2D eigenvalue weighted by Crippen LogP contribution is 2.31. The molecule has 0 atom stereocenters. The quantitative estimate of drug-likeness (QED) is 0.757. The van der Waals surface area contributed by atoms with Gasteiger partial charge in [0.15, 0.2) is 0 Å². The lowest BCUT2D eigenvalue weighted by Gasteiger charge is -2.41. The van der Waals surface area contributed by atoms with Gasteiger partial charge in [-0.15, -0.1) is 0 Å². The first-order valence-electron chi connectivity index (χ1n) is 5.65. The molecule has 1 aromatic rings. The lowest BCUT2D eigenvalue weighted by Crippen LogP contribution is -2.53. The van der Waals surface area contributed by atoms with Crippen molar-refractivity contribution in [3.63, 3.8) is 0 Å². The number of nitrogens with one attached hydrogen (secondary N) is 1. The Bertz CT molecular complexity index is 312. The van der Waals surface area contributed by atoms with Crippen LogP contribution in [0.1, 0.15) is 32.0 Å². The average molecular weight is 209 g/mol. The van der Waals surface area contributed by atoms with Gasteiger partial charge in [0.1, 0.15) is 5.82 Å². The lowest BCUT2D eigenvalue weighted by molar-refractivity contribution is 0.0862. The smallest absolute Gasteiger partial charge is 0.122 e. The van der Waals surface area contributed by atoms with Crippen molar-refractivity contribution in [3.05, 3.63) is 18.2 Å². The Kier molecular flexibility index (Phi) is 3.07. The largest absolute Gasteiger partial charge is 0.394 e. The number of aliphatic hydroxyl groups is 1. The standard InChI is InChI=1S/C11H19N3O/c1-2-14-7-6-12-10(14)8-13-11(9-15)4-3-5-11/h6-7,13,15H,2-5,8-9H2,1H3. The summed E-state index contributed by atoms with van der Waals surface area (Å²) in [4.78, 5) is 4.30. The van der Waals surface area contributed by atoms with Crippen molar-refractivity contribution in [1.82, 2.24) is 14.9 Å². The molecule has 0 bridgehead atoms. The van der Waals surface area contributed by atoms with Crippen LogP contribution in [0.15, 0.2) is 12.4 Å². The molecule has 4 nitrogen and oxygen atoms in total. The summed E-state index contributed by atoms with van der Waals surface area (Å²) in [5.74, 6) is 1.05. The SMILES string of the molecule is CCn1ccnc1CNC1(CO)CCC1. The average Bonchev–Trinajstić information content (AvgIpc) is 2.64. The van der Waals surface area contributed by atoms with Crippen LogP contribution >= 0.6 is 0 Å². The molecule has 1 heterocycles. The van der Waals surface area contributed by atoms with Crippen molar-refractivity contribution in [2.45, 2.75) is 44.8 Å². The van der Waals surface area contributed by atoms with Crippen molar-refractivity contribution in [3.8, 4) is 0 Å². The van der Waals surface area contributed by atoms with Crippen molar-refractivity contribution in [2.75, 3.05) is 6.61 Å². The molecule has 0 aromatic carbocycles. The van der Waals surface area contributed by atoms with Gasteiger partial charge in [-0.05, 0) is 26.2 Å². The van der Waals surface area contributed by atoms with Crippen LogP contribution in [0.2, 0.25) is 0 Å². The van der Waals surface area contributed by atoms with Crippen LogP contribution in [0.25, 0.3) is 0 Å². The summed E-state index contributed by atoms with van der Waals surface area (Å²) in [6.45, 7) is 4.04. The summed E-state index contributed by atoms with van der Waals surface area (Å²) >= 11 is 0. The number of hydrogen-bond donors (Lipinski definition) is 2. The van der Waals surface area contributed by atoms with Crippen molar-refractivity contribution in [2.24, 2.45) is 0 Å². The first-order valence-corrected chi connectivity index (χ1v) is 5.65. The number of imidazole rings is 1. The van der Waals surface area contributed by atoms with E-state index in [9.17, 15) is 5.11 Å². The molecule has 4 heteroatoms. The number of rotatable bonds is 5. The first kappa shape index (κ1) is 10.6. The maximum atomic E-state index is 9.30. The minimum Gasteiger partial charge on any atom is -0.394 e. The maximum absolute atomic E-state index is 9.30. The zero-order valence-corrected chi connectivity index (χ0v) is 9.24. The third-order valence-electron chi connectivity index (χ3n) is 3.38. The number of aliphatic hydroxyl groups excluding tert-OH is 1. The second kappa shape index (κ2) is 4.33. The van der Waals surface area contributed by atoms with E-state index in [1.54, 1.807) is 0 Å². The van der Waals surface area contributed by atoms with Gasteiger partial charge in [0.2, 0.25) is 0 Å². The number of nitrogens with zero attached hydrogens (tertiary/aromatic N) is 2. The summed E-state index contributed by atoms with van der Waals surface area (Å²) in [6, 6.07) is 0. The molecule has 1 aliphatic rings. The minimum atomic E-state index is -0.0233. The number of hydrogen-bond acceptors (Lipinski definition) is 3. The van der Waals surface area contributed by atoms with E-state index in [0.29, 0.717) is 0 Å². The van der Waals surface area contributed by atoms with Crippen LogP contribution in [-0.4, -0.2) is 26.8 Å². The molecule has 1 saturated carbocycles. The molecule has 0 radical (unpaired) electrons. The third kappa shape index (κ3) is 2.06. The van der Waals surface area contributed by atoms with Gasteiger partial charge in [-0.25, -0.2) is 4.98 Å². The topological polar surface area (TPSA) is 50.1 Å². The number of aromatic nitrogens is 2. The first-order chi connectivity index (χ1) is 7.29. The molecule has 1 fully saturated rings. The van der Waals surface area contributed by atoms with Crippen molar-refractivity contribution < 1.29 is 5.11 Å². The Morgan fingerprint density at radius 2 is 2.40 bits per heavy atom. The highest BCUT2D eigenvalue weighted by Gasteiger charge is 2.35. The Morgan fingerprint density at radius 1 is 1.60 bits per heavy atom. The van der Waals surface area contributed by atoms with Crippen molar-refractivity contribution in [1.29, 1.82) is 0 Å². The zero-order chi connectivity index (χ0) is 10.7. The summed E-state index contributed by atoms with van der Waals surface area (Å²) in [6.07, 6.45) is 7.19. The number of aryl methyl sites for hydroxylation is 1. The minimum absolute atomic E-state index is 0.0233. The Balaban J connectivity index is 1.92. The van der Waals surface area contributed by atoms with E-state index in [1.807, 2.05) is 12.4 Å². The van der Waals surface area contributed by atoms with Crippen LogP contribution in [-0.2, 0) is 13.1 Å². The van der Waals surface area contributed by atoms with Gasteiger partial charge in [-0.1, -0.05) is 0 Å². The van der Waals surface area contributed by atoms with Gasteiger partial charge in [0.05, 0.1) is 13.2 Å². The fourth-order valence-electron chi connectivity index (χ4n) is 2.06. The highest BCUT2D eigenvalue weighted by molar-refractivity contribution is 4.99. The van der Waals surface area contributed by atoms with Gasteiger partial charge >= 0.3 is 0 Å². The normalized spacial score (nSPS) is 18.8. The molecular formula is C11H19N3O. The fourth-order valence-corrected chi connectivity index (χ4v) is 2.06. The molecule has 0 saturated heterocycles. The second-order valence-electron chi connectivity index (χ2n) is 4.28. The van der Waals surface area contributed by atoms with E-state index >= 15 is 0 Å². The molecule has 2 N–H and O–H groups in total. The molecule has 0 spiro atoms. The molecule has 0 aliphatic heterocycles. The van der Waals surface area contributed by atoms with E-state index < -0.39 is 0 Å². The van der Waals surface area contributed by atoms with Gasteiger partial charge in [0.25, 0.3) is 0 Å². The zero-order valence-electron chi connectivity index (χ0n) is 9.24. The monoisotopic (exact) mass is 209 g/mol. The molecule has 2 rings (SSSR count). The Hall–Kier alpha value is -0.870. The van der Waals surface area contributed by atoms with E-state index in [4.69, 9.17) is 0 Å². The predicted molar refractivity (Wildman–Crippen MR) is 58.4 cm³/mol. The van der Waals surface area contributed by atoms with E-state index in [-0.39, 0.29) is 12.1 Å². The van der Waals surface area contributed by atoms with Crippen LogP contribution in [0, 0.1) is 0 Å². The molecule has 0 amide bonds. The summed E-state index contributed by atoms with van der Waals surface area (Å²) < 4.78 is 2.12. The summed E-state index contributed by atoms with van der Waals surface area (Å²) in [5.41, 5.74) is -0.0233. The van der Waals surface area contributed by atoms with E-state index in [0.717, 1.165) is 31.8 Å². The predicted octanol–water partition coefficient (Wildman–Crippen LogP) is 0.908. The summed E-state index contributed by atoms with van der Waals surface area (Å²) in [7, 11) is 0. The van der Waals surface area contributed by atoms with Gasteiger partial charge in [-0.3, -0.25) is 0 Å². The summed E-state index contributed by atoms with van der Waals surface area (Å²) in [5, 5.41) is 12.7. The van der Waals surface area contributed by atoms with Crippen LogP contribution in [0.4, 0.5) is 0 Å². The van der Waals surface area contributed by atoms with E-state index in [1.165, 1.54) is 6.42 Å². The van der Waals surface area contributed by atoms with Gasteiger partial charge < -0.3 is 15.0 Å². The van der Waals surface area contributed by atoms with Gasteiger partial charge in [-0.2, -0.15) is 0 Å². The van der Waals surface area contributed by atoms with Crippen LogP contribution in [0.5, 0.6) is 0 Å². The van der Waals surface area contributed by atoms with Crippen LogP contribution in [0.3, 0.4) is 0 Å². The van der Waals surface area contributed by atoms with Gasteiger partial charge in [0, 0.05) is 24.5 Å². The molecule has 84 valence electrons. The highest BCUT2D eigenvalue weighted by atomic mass is 16.3. The molecule has 1 aliphatic carbocycles. The third-order valence-corrected chi connectivity index (χ3v) is 3.38. The Morgan fingerprint density at radius 3 is 2.93 bits per heavy atom. The lowest BCUT2D eigenvalue weighted by atomic mass is 9.77. The fraction of sp³-hybridized carbons (Fsp3) is 0.727. The Labute approximate surface area is 90.3 Å². The molecule has 15 heavy (non-hydrogen) atoms. The molecule has 1 aromatic heterocycles.